The second kappa shape index (κ2) is 7.21. The fraction of sp³-hybridized carbons (Fsp3) is 0.130. The molecule has 0 radical (unpaired) electrons. The van der Waals surface area contributed by atoms with Gasteiger partial charge in [-0.05, 0) is 47.7 Å². The quantitative estimate of drug-likeness (QED) is 0.354. The van der Waals surface area contributed by atoms with E-state index in [1.165, 1.54) is 19.2 Å². The van der Waals surface area contributed by atoms with Crippen LogP contribution >= 0.6 is 23.4 Å². The highest BCUT2D eigenvalue weighted by Crippen LogP contribution is 2.59. The standard InChI is InChI=1S/C23H17ClN2O4S/c1-25-19-5-3-4-6-21(19)31-23(25)18(14-7-9-16(24)10-8-14)12-15-11-17(26(27)28)13-20(29-2)22(15)30-23/h3-13H,1-2H3. The summed E-state index contributed by atoms with van der Waals surface area (Å²) < 4.78 is 12.1. The number of hydrogen-bond acceptors (Lipinski definition) is 6. The summed E-state index contributed by atoms with van der Waals surface area (Å²) >= 11 is 7.70. The maximum atomic E-state index is 11.5. The van der Waals surface area contributed by atoms with Gasteiger partial charge in [-0.2, -0.15) is 0 Å². The van der Waals surface area contributed by atoms with Gasteiger partial charge in [0.25, 0.3) is 10.7 Å². The highest BCUT2D eigenvalue weighted by molar-refractivity contribution is 8.01. The molecular weight excluding hydrogens is 436 g/mol. The minimum Gasteiger partial charge on any atom is -0.493 e. The van der Waals surface area contributed by atoms with E-state index in [9.17, 15) is 10.1 Å². The molecule has 6 nitrogen and oxygen atoms in total. The predicted molar refractivity (Wildman–Crippen MR) is 123 cm³/mol. The number of methoxy groups -OCH3 is 1. The second-order valence-electron chi connectivity index (χ2n) is 7.20. The molecule has 5 rings (SSSR count). The van der Waals surface area contributed by atoms with Crippen molar-refractivity contribution in [3.8, 4) is 11.5 Å². The molecule has 0 fully saturated rings. The summed E-state index contributed by atoms with van der Waals surface area (Å²) in [5.41, 5.74) is 3.34. The van der Waals surface area contributed by atoms with Gasteiger partial charge in [0.1, 0.15) is 0 Å². The molecule has 8 heteroatoms. The van der Waals surface area contributed by atoms with Gasteiger partial charge in [-0.3, -0.25) is 10.1 Å². The van der Waals surface area contributed by atoms with Crippen LogP contribution < -0.4 is 14.4 Å². The zero-order valence-electron chi connectivity index (χ0n) is 16.7. The van der Waals surface area contributed by atoms with Crippen LogP contribution in [-0.4, -0.2) is 24.1 Å². The molecule has 0 saturated carbocycles. The van der Waals surface area contributed by atoms with Gasteiger partial charge in [-0.25, -0.2) is 0 Å². The van der Waals surface area contributed by atoms with Crippen molar-refractivity contribution in [3.05, 3.63) is 86.9 Å². The normalized spacial score (nSPS) is 18.8. The summed E-state index contributed by atoms with van der Waals surface area (Å²) in [4.78, 5) is 14.2. The number of rotatable bonds is 3. The molecule has 0 aromatic heterocycles. The molecule has 0 bridgehead atoms. The Labute approximate surface area is 188 Å². The van der Waals surface area contributed by atoms with Crippen LogP contribution in [0.4, 0.5) is 11.4 Å². The van der Waals surface area contributed by atoms with Gasteiger partial charge in [-0.15, -0.1) is 0 Å². The number of non-ortho nitro benzene ring substituents is 1. The van der Waals surface area contributed by atoms with E-state index in [1.807, 2.05) is 55.6 Å². The molecule has 0 aliphatic carbocycles. The van der Waals surface area contributed by atoms with Crippen LogP contribution in [0.1, 0.15) is 11.1 Å². The van der Waals surface area contributed by atoms with Crippen LogP contribution in [0.5, 0.6) is 11.5 Å². The summed E-state index contributed by atoms with van der Waals surface area (Å²) in [7, 11) is 3.46. The maximum Gasteiger partial charge on any atom is 0.274 e. The lowest BCUT2D eigenvalue weighted by Gasteiger charge is -2.41. The lowest BCUT2D eigenvalue weighted by Crippen LogP contribution is -2.48. The number of fused-ring (bicyclic) bond motifs is 2. The largest absolute Gasteiger partial charge is 0.493 e. The summed E-state index contributed by atoms with van der Waals surface area (Å²) in [5, 5.41) is 11.2. The van der Waals surface area contributed by atoms with E-state index in [2.05, 4.69) is 11.0 Å². The third-order valence-electron chi connectivity index (χ3n) is 5.45. The first-order chi connectivity index (χ1) is 14.9. The Morgan fingerprint density at radius 1 is 1.16 bits per heavy atom. The van der Waals surface area contributed by atoms with Gasteiger partial charge in [0.15, 0.2) is 11.5 Å². The molecule has 1 spiro atoms. The first-order valence-corrected chi connectivity index (χ1v) is 10.7. The molecule has 3 aromatic carbocycles. The van der Waals surface area contributed by atoms with E-state index < -0.39 is 9.98 Å². The average molecular weight is 453 g/mol. The van der Waals surface area contributed by atoms with Crippen LogP contribution in [0.2, 0.25) is 5.02 Å². The number of likely N-dealkylation sites (N-methyl/N-ethyl adjacent to an activating group) is 1. The number of nitro groups is 1. The average Bonchev–Trinajstić information content (AvgIpc) is 3.05. The first-order valence-electron chi connectivity index (χ1n) is 9.48. The van der Waals surface area contributed by atoms with Gasteiger partial charge in [0, 0.05) is 34.2 Å². The Morgan fingerprint density at radius 3 is 2.58 bits per heavy atom. The Kier molecular flexibility index (Phi) is 4.60. The monoisotopic (exact) mass is 452 g/mol. The molecule has 0 amide bonds. The number of nitro benzene ring substituents is 1. The van der Waals surface area contributed by atoms with Crippen molar-refractivity contribution in [1.29, 1.82) is 0 Å². The molecule has 0 saturated heterocycles. The highest BCUT2D eigenvalue weighted by Gasteiger charge is 2.51. The zero-order valence-corrected chi connectivity index (χ0v) is 18.2. The lowest BCUT2D eigenvalue weighted by molar-refractivity contribution is -0.385. The Bertz CT molecular complexity index is 1240. The van der Waals surface area contributed by atoms with Gasteiger partial charge in [0.2, 0.25) is 0 Å². The molecule has 1 unspecified atom stereocenters. The molecular formula is C23H17ClN2O4S. The molecule has 2 aliphatic rings. The molecule has 1 atom stereocenters. The minimum atomic E-state index is -0.909. The van der Waals surface area contributed by atoms with Crippen LogP contribution in [0.25, 0.3) is 11.6 Å². The Balaban J connectivity index is 1.76. The van der Waals surface area contributed by atoms with Crippen molar-refractivity contribution >= 4 is 46.4 Å². The molecule has 0 N–H and O–H groups in total. The predicted octanol–water partition coefficient (Wildman–Crippen LogP) is 6.09. The SMILES string of the molecule is COc1cc([N+](=O)[O-])cc2c1OC1(Sc3ccccc3N1C)C(c1ccc(Cl)cc1)=C2. The molecule has 156 valence electrons. The van der Waals surface area contributed by atoms with Crippen molar-refractivity contribution in [2.24, 2.45) is 0 Å². The summed E-state index contributed by atoms with van der Waals surface area (Å²) in [6.07, 6.45) is 1.94. The first kappa shape index (κ1) is 19.8. The summed E-state index contributed by atoms with van der Waals surface area (Å²) in [6.45, 7) is 0. The van der Waals surface area contributed by atoms with E-state index in [1.54, 1.807) is 11.8 Å². The number of anilines is 1. The van der Waals surface area contributed by atoms with E-state index in [4.69, 9.17) is 21.1 Å². The van der Waals surface area contributed by atoms with Crippen molar-refractivity contribution in [2.75, 3.05) is 19.1 Å². The third kappa shape index (κ3) is 3.04. The summed E-state index contributed by atoms with van der Waals surface area (Å²) in [6, 6.07) is 18.5. The molecule has 3 aromatic rings. The van der Waals surface area contributed by atoms with Crippen molar-refractivity contribution < 1.29 is 14.4 Å². The Hall–Kier alpha value is -3.16. The minimum absolute atomic E-state index is 0.0578. The summed E-state index contributed by atoms with van der Waals surface area (Å²) in [5.74, 6) is 0.790. The second-order valence-corrected chi connectivity index (χ2v) is 8.83. The number of hydrogen-bond donors (Lipinski definition) is 0. The third-order valence-corrected chi connectivity index (χ3v) is 7.12. The van der Waals surface area contributed by atoms with Crippen molar-refractivity contribution in [1.82, 2.24) is 0 Å². The van der Waals surface area contributed by atoms with Crippen molar-refractivity contribution in [2.45, 2.75) is 9.95 Å². The number of nitrogens with zero attached hydrogens (tertiary/aromatic N) is 2. The molecule has 2 aliphatic heterocycles. The number of halogens is 1. The van der Waals surface area contributed by atoms with E-state index >= 15 is 0 Å². The van der Waals surface area contributed by atoms with Gasteiger partial charge in [-0.1, -0.05) is 35.9 Å². The number of thioether (sulfide) groups is 1. The van der Waals surface area contributed by atoms with Gasteiger partial charge in [0.05, 0.1) is 23.8 Å². The molecule has 2 heterocycles. The number of benzene rings is 3. The highest BCUT2D eigenvalue weighted by atomic mass is 35.5. The van der Waals surface area contributed by atoms with Gasteiger partial charge < -0.3 is 14.4 Å². The van der Waals surface area contributed by atoms with Crippen LogP contribution in [-0.2, 0) is 0 Å². The van der Waals surface area contributed by atoms with Crippen LogP contribution in [0.15, 0.2) is 65.6 Å². The zero-order chi connectivity index (χ0) is 21.8. The Morgan fingerprint density at radius 2 is 1.90 bits per heavy atom. The number of para-hydroxylation sites is 1. The fourth-order valence-electron chi connectivity index (χ4n) is 3.94. The smallest absolute Gasteiger partial charge is 0.274 e. The number of ether oxygens (including phenoxy) is 2. The maximum absolute atomic E-state index is 11.5. The van der Waals surface area contributed by atoms with E-state index in [-0.39, 0.29) is 5.69 Å². The van der Waals surface area contributed by atoms with Crippen LogP contribution in [0, 0.1) is 10.1 Å². The van der Waals surface area contributed by atoms with Crippen LogP contribution in [0.3, 0.4) is 0 Å². The lowest BCUT2D eigenvalue weighted by atomic mass is 9.96. The van der Waals surface area contributed by atoms with E-state index in [0.29, 0.717) is 22.1 Å². The molecule has 31 heavy (non-hydrogen) atoms. The van der Waals surface area contributed by atoms with Crippen molar-refractivity contribution in [3.63, 3.8) is 0 Å². The fourth-order valence-corrected chi connectivity index (χ4v) is 5.47. The van der Waals surface area contributed by atoms with E-state index in [0.717, 1.165) is 21.7 Å². The topological polar surface area (TPSA) is 64.8 Å². The van der Waals surface area contributed by atoms with Gasteiger partial charge >= 0.3 is 0 Å².